The van der Waals surface area contributed by atoms with Crippen LogP contribution in [0.2, 0.25) is 10.0 Å². The van der Waals surface area contributed by atoms with Crippen LogP contribution in [0.4, 0.5) is 0 Å². The van der Waals surface area contributed by atoms with Gasteiger partial charge in [-0.2, -0.15) is 0 Å². The van der Waals surface area contributed by atoms with E-state index in [4.69, 9.17) is 32.4 Å². The molecule has 3 saturated heterocycles. The summed E-state index contributed by atoms with van der Waals surface area (Å²) in [6.45, 7) is 3.13. The lowest BCUT2D eigenvalue weighted by molar-refractivity contribution is 0.0599. The number of nitrogens with one attached hydrogen (secondary N) is 1. The number of ether oxygens (including phenoxy) is 1. The lowest BCUT2D eigenvalue weighted by atomic mass is 9.84. The average Bonchev–Trinajstić information content (AvgIpc) is 3.07. The van der Waals surface area contributed by atoms with E-state index in [-0.39, 0.29) is 23.8 Å². The molecule has 3 aliphatic rings. The molecule has 0 radical (unpaired) electrons. The van der Waals surface area contributed by atoms with Gasteiger partial charge in [0.1, 0.15) is 11.9 Å². The van der Waals surface area contributed by atoms with Crippen molar-refractivity contribution in [3.63, 3.8) is 0 Å². The molecule has 3 fully saturated rings. The zero-order valence-corrected chi connectivity index (χ0v) is 14.9. The molecule has 8 heteroatoms. The van der Waals surface area contributed by atoms with Crippen LogP contribution in [0.1, 0.15) is 23.5 Å². The van der Waals surface area contributed by atoms with E-state index in [1.54, 1.807) is 18.2 Å². The van der Waals surface area contributed by atoms with Crippen molar-refractivity contribution >= 4 is 29.1 Å². The maximum atomic E-state index is 12.4. The Morgan fingerprint density at radius 1 is 1.32 bits per heavy atom. The number of halogens is 2. The molecule has 0 unspecified atom stereocenters. The smallest absolute Gasteiger partial charge is 0.311 e. The summed E-state index contributed by atoms with van der Waals surface area (Å²) in [5.74, 6) is 0.676. The van der Waals surface area contributed by atoms with Gasteiger partial charge in [-0.25, -0.2) is 4.98 Å². The van der Waals surface area contributed by atoms with Crippen molar-refractivity contribution in [2.45, 2.75) is 18.9 Å². The van der Waals surface area contributed by atoms with Crippen LogP contribution in [0.3, 0.4) is 0 Å². The largest absolute Gasteiger partial charge is 0.423 e. The molecule has 4 heterocycles. The Kier molecular flexibility index (Phi) is 4.58. The summed E-state index contributed by atoms with van der Waals surface area (Å²) in [5, 5.41) is 3.88. The predicted molar refractivity (Wildman–Crippen MR) is 93.5 cm³/mol. The summed E-state index contributed by atoms with van der Waals surface area (Å²) in [7, 11) is 0. The quantitative estimate of drug-likeness (QED) is 0.875. The first-order valence-electron chi connectivity index (χ1n) is 8.20. The minimum atomic E-state index is -0.323. The average molecular weight is 382 g/mol. The molecule has 0 saturated carbocycles. The molecule has 0 aliphatic carbocycles. The number of amides is 1. The molecule has 1 aromatic heterocycles. The maximum Gasteiger partial charge on any atom is 0.311 e. The van der Waals surface area contributed by atoms with Crippen molar-refractivity contribution < 1.29 is 13.9 Å². The lowest BCUT2D eigenvalue weighted by Gasteiger charge is -2.44. The van der Waals surface area contributed by atoms with Gasteiger partial charge >= 0.3 is 11.9 Å². The third-order valence-electron chi connectivity index (χ3n) is 4.76. The fourth-order valence-corrected chi connectivity index (χ4v) is 3.88. The van der Waals surface area contributed by atoms with Gasteiger partial charge in [0, 0.05) is 17.6 Å². The number of oxazole rings is 1. The van der Waals surface area contributed by atoms with Gasteiger partial charge in [-0.1, -0.05) is 23.2 Å². The molecule has 25 heavy (non-hydrogen) atoms. The number of rotatable bonds is 4. The number of aromatic nitrogens is 1. The van der Waals surface area contributed by atoms with Gasteiger partial charge < -0.3 is 19.4 Å². The normalized spacial score (nSPS) is 25.0. The zero-order chi connectivity index (χ0) is 17.4. The Morgan fingerprint density at radius 3 is 2.80 bits per heavy atom. The molecular formula is C17H17Cl2N3O3. The third kappa shape index (κ3) is 3.61. The van der Waals surface area contributed by atoms with E-state index < -0.39 is 0 Å². The summed E-state index contributed by atoms with van der Waals surface area (Å²) >= 11 is 11.9. The second-order valence-electron chi connectivity index (χ2n) is 6.38. The van der Waals surface area contributed by atoms with Crippen LogP contribution in [0.5, 0.6) is 11.7 Å². The van der Waals surface area contributed by atoms with E-state index in [0.29, 0.717) is 21.7 Å². The second-order valence-corrected chi connectivity index (χ2v) is 7.22. The van der Waals surface area contributed by atoms with Crippen molar-refractivity contribution in [3.05, 3.63) is 40.3 Å². The fourth-order valence-electron chi connectivity index (χ4n) is 3.44. The maximum absolute atomic E-state index is 12.4. The van der Waals surface area contributed by atoms with Crippen molar-refractivity contribution in [3.8, 4) is 11.7 Å². The van der Waals surface area contributed by atoms with Crippen LogP contribution in [0, 0.1) is 5.92 Å². The molecule has 1 atom stereocenters. The number of nitrogens with zero attached hydrogens (tertiary/aromatic N) is 2. The Morgan fingerprint density at radius 2 is 2.12 bits per heavy atom. The van der Waals surface area contributed by atoms with Gasteiger partial charge in [0.15, 0.2) is 0 Å². The Balaban J connectivity index is 1.41. The van der Waals surface area contributed by atoms with E-state index in [0.717, 1.165) is 32.5 Å². The van der Waals surface area contributed by atoms with E-state index in [9.17, 15) is 4.79 Å². The van der Waals surface area contributed by atoms with E-state index in [1.807, 2.05) is 0 Å². The molecule has 1 aromatic carbocycles. The van der Waals surface area contributed by atoms with Crippen LogP contribution in [0.25, 0.3) is 0 Å². The third-order valence-corrected chi connectivity index (χ3v) is 5.29. The van der Waals surface area contributed by atoms with Crippen molar-refractivity contribution in [1.82, 2.24) is 15.2 Å². The molecule has 6 nitrogen and oxygen atoms in total. The fraction of sp³-hybridized carbons (Fsp3) is 0.412. The highest BCUT2D eigenvalue weighted by atomic mass is 35.5. The highest BCUT2D eigenvalue weighted by Gasteiger charge is 2.35. The first kappa shape index (κ1) is 16.7. The highest BCUT2D eigenvalue weighted by molar-refractivity contribution is 6.35. The van der Waals surface area contributed by atoms with Crippen LogP contribution in [-0.4, -0.2) is 41.5 Å². The van der Waals surface area contributed by atoms with Crippen molar-refractivity contribution in [2.75, 3.05) is 19.6 Å². The van der Waals surface area contributed by atoms with E-state index in [2.05, 4.69) is 15.2 Å². The van der Waals surface area contributed by atoms with Crippen molar-refractivity contribution in [1.29, 1.82) is 0 Å². The van der Waals surface area contributed by atoms with Gasteiger partial charge in [0.05, 0.1) is 5.02 Å². The number of carbonyl (C=O) groups is 1. The SMILES string of the molecule is O=C(N[C@H]1CN2CCC1CC2)c1ncc(Oc2ccc(Cl)cc2Cl)o1. The summed E-state index contributed by atoms with van der Waals surface area (Å²) in [6, 6.07) is 4.99. The molecular weight excluding hydrogens is 365 g/mol. The number of benzene rings is 1. The van der Waals surface area contributed by atoms with Crippen LogP contribution >= 0.6 is 23.2 Å². The van der Waals surface area contributed by atoms with E-state index in [1.165, 1.54) is 6.20 Å². The zero-order valence-electron chi connectivity index (χ0n) is 13.4. The Labute approximate surface area is 155 Å². The van der Waals surface area contributed by atoms with Gasteiger partial charge in [-0.05, 0) is 50.0 Å². The van der Waals surface area contributed by atoms with Crippen LogP contribution in [0.15, 0.2) is 28.8 Å². The minimum Gasteiger partial charge on any atom is -0.423 e. The number of carbonyl (C=O) groups excluding carboxylic acids is 1. The highest BCUT2D eigenvalue weighted by Crippen LogP contribution is 2.32. The van der Waals surface area contributed by atoms with Crippen LogP contribution < -0.4 is 10.1 Å². The lowest BCUT2D eigenvalue weighted by Crippen LogP contribution is -2.57. The standard InChI is InChI=1S/C17H17Cl2N3O3/c18-11-1-2-14(12(19)7-11)24-15-8-20-17(25-15)16(23)21-13-9-22-5-3-10(13)4-6-22/h1-2,7-8,10,13H,3-6,9H2,(H,21,23)/t13-/m0/s1. The predicted octanol–water partition coefficient (Wildman–Crippen LogP) is 3.60. The first-order chi connectivity index (χ1) is 12.1. The molecule has 2 bridgehead atoms. The topological polar surface area (TPSA) is 67.6 Å². The molecule has 1 N–H and O–H groups in total. The number of hydrogen-bond acceptors (Lipinski definition) is 5. The summed E-state index contributed by atoms with van der Waals surface area (Å²) in [4.78, 5) is 18.8. The van der Waals surface area contributed by atoms with Crippen LogP contribution in [-0.2, 0) is 0 Å². The summed E-state index contributed by atoms with van der Waals surface area (Å²) < 4.78 is 10.9. The van der Waals surface area contributed by atoms with Gasteiger partial charge in [0.25, 0.3) is 5.89 Å². The monoisotopic (exact) mass is 381 g/mol. The molecule has 3 aliphatic heterocycles. The molecule has 2 aromatic rings. The minimum absolute atomic E-state index is 0.0171. The molecule has 5 rings (SSSR count). The van der Waals surface area contributed by atoms with Gasteiger partial charge in [-0.15, -0.1) is 0 Å². The number of hydrogen-bond donors (Lipinski definition) is 1. The van der Waals surface area contributed by atoms with Gasteiger partial charge in [-0.3, -0.25) is 4.79 Å². The number of fused-ring (bicyclic) bond motifs is 3. The van der Waals surface area contributed by atoms with Crippen molar-refractivity contribution in [2.24, 2.45) is 5.92 Å². The number of piperidine rings is 3. The molecule has 0 spiro atoms. The molecule has 132 valence electrons. The summed E-state index contributed by atoms with van der Waals surface area (Å²) in [6.07, 6.45) is 3.61. The summed E-state index contributed by atoms with van der Waals surface area (Å²) in [5.41, 5.74) is 0. The van der Waals surface area contributed by atoms with E-state index >= 15 is 0 Å². The first-order valence-corrected chi connectivity index (χ1v) is 8.96. The van der Waals surface area contributed by atoms with Gasteiger partial charge in [0.2, 0.25) is 0 Å². The molecule has 1 amide bonds. The Bertz CT molecular complexity index is 787. The second kappa shape index (κ2) is 6.86. The Hall–Kier alpha value is -1.76.